The van der Waals surface area contributed by atoms with Crippen LogP contribution >= 0.6 is 0 Å². The average molecular weight is 322 g/mol. The molecule has 0 saturated carbocycles. The molecule has 0 amide bonds. The molecule has 0 atom stereocenters. The summed E-state index contributed by atoms with van der Waals surface area (Å²) in [7, 11) is -3.66. The fraction of sp³-hybridized carbons (Fsp3) is 0.400. The summed E-state index contributed by atoms with van der Waals surface area (Å²) >= 11 is 0. The molecule has 0 radical (unpaired) electrons. The lowest BCUT2D eigenvalue weighted by atomic mass is 10.1. The second-order valence-electron chi connectivity index (χ2n) is 5.52. The number of aromatic amines is 1. The Morgan fingerprint density at radius 2 is 1.82 bits per heavy atom. The molecule has 0 unspecified atom stereocenters. The van der Waals surface area contributed by atoms with E-state index in [1.54, 1.807) is 6.07 Å². The van der Waals surface area contributed by atoms with Crippen molar-refractivity contribution in [2.45, 2.75) is 18.7 Å². The number of aromatic nitrogens is 1. The van der Waals surface area contributed by atoms with Gasteiger partial charge in [0.2, 0.25) is 15.6 Å². The molecule has 1 aliphatic heterocycles. The number of nitrogens with zero attached hydrogens (tertiary/aromatic N) is 1. The van der Waals surface area contributed by atoms with Gasteiger partial charge in [-0.15, -0.1) is 0 Å². The van der Waals surface area contributed by atoms with Gasteiger partial charge in [0.1, 0.15) is 4.90 Å². The summed E-state index contributed by atoms with van der Waals surface area (Å²) in [6, 6.07) is 4.98. The summed E-state index contributed by atoms with van der Waals surface area (Å²) < 4.78 is 32.5. The third-order valence-corrected chi connectivity index (χ3v) is 5.78. The Kier molecular flexibility index (Phi) is 3.80. The van der Waals surface area contributed by atoms with Crippen LogP contribution in [-0.2, 0) is 14.8 Å². The van der Waals surface area contributed by atoms with E-state index in [-0.39, 0.29) is 10.5 Å². The summed E-state index contributed by atoms with van der Waals surface area (Å²) in [5, 5.41) is 0.756. The number of nitrogens with one attached hydrogen (secondary N) is 1. The lowest BCUT2D eigenvalue weighted by molar-refractivity contribution is 0.0730. The highest BCUT2D eigenvalue weighted by molar-refractivity contribution is 7.89. The van der Waals surface area contributed by atoms with Gasteiger partial charge in [-0.3, -0.25) is 4.79 Å². The first-order chi connectivity index (χ1) is 10.4. The van der Waals surface area contributed by atoms with Gasteiger partial charge < -0.3 is 9.72 Å². The highest BCUT2D eigenvalue weighted by Gasteiger charge is 2.28. The van der Waals surface area contributed by atoms with E-state index >= 15 is 0 Å². The molecule has 2 aromatic rings. The third kappa shape index (κ3) is 2.55. The minimum absolute atomic E-state index is 0.158. The molecule has 0 spiro atoms. The number of aryl methyl sites for hydroxylation is 2. The fourth-order valence-electron chi connectivity index (χ4n) is 2.76. The predicted molar refractivity (Wildman–Crippen MR) is 83.6 cm³/mol. The fourth-order valence-corrected chi connectivity index (χ4v) is 4.42. The van der Waals surface area contributed by atoms with E-state index in [2.05, 4.69) is 4.98 Å². The number of pyridine rings is 1. The van der Waals surface area contributed by atoms with Crippen molar-refractivity contribution in [1.82, 2.24) is 9.29 Å². The molecule has 1 N–H and O–H groups in total. The van der Waals surface area contributed by atoms with Crippen molar-refractivity contribution in [2.75, 3.05) is 26.3 Å². The summed E-state index contributed by atoms with van der Waals surface area (Å²) in [5.74, 6) is 0. The molecule has 118 valence electrons. The monoisotopic (exact) mass is 322 g/mol. The Morgan fingerprint density at radius 1 is 1.14 bits per heavy atom. The Bertz CT molecular complexity index is 880. The number of rotatable bonds is 2. The zero-order valence-corrected chi connectivity index (χ0v) is 13.4. The van der Waals surface area contributed by atoms with Gasteiger partial charge in [0.05, 0.1) is 18.7 Å². The Labute approximate surface area is 128 Å². The van der Waals surface area contributed by atoms with Gasteiger partial charge in [-0.25, -0.2) is 8.42 Å². The average Bonchev–Trinajstić information content (AvgIpc) is 2.48. The maximum absolute atomic E-state index is 12.9. The zero-order chi connectivity index (χ0) is 15.9. The van der Waals surface area contributed by atoms with Crippen LogP contribution in [0.1, 0.15) is 11.1 Å². The Hall–Kier alpha value is -1.70. The first kappa shape index (κ1) is 15.2. The summed E-state index contributed by atoms with van der Waals surface area (Å²) in [4.78, 5) is 14.6. The molecule has 1 aromatic heterocycles. The second kappa shape index (κ2) is 5.49. The van der Waals surface area contributed by atoms with Crippen LogP contribution in [0.4, 0.5) is 0 Å². The lowest BCUT2D eigenvalue weighted by Crippen LogP contribution is -2.40. The van der Waals surface area contributed by atoms with E-state index in [0.717, 1.165) is 16.5 Å². The topological polar surface area (TPSA) is 79.5 Å². The molecule has 22 heavy (non-hydrogen) atoms. The van der Waals surface area contributed by atoms with Crippen molar-refractivity contribution >= 4 is 20.9 Å². The van der Waals surface area contributed by atoms with Gasteiger partial charge in [-0.1, -0.05) is 0 Å². The molecule has 2 heterocycles. The van der Waals surface area contributed by atoms with Gasteiger partial charge in [0, 0.05) is 24.5 Å². The molecule has 0 bridgehead atoms. The van der Waals surface area contributed by atoms with Gasteiger partial charge in [0.25, 0.3) is 0 Å². The van der Waals surface area contributed by atoms with Gasteiger partial charge in [-0.2, -0.15) is 4.31 Å². The van der Waals surface area contributed by atoms with Gasteiger partial charge in [-0.05, 0) is 37.1 Å². The smallest absolute Gasteiger partial charge is 0.248 e. The molecule has 1 fully saturated rings. The van der Waals surface area contributed by atoms with Gasteiger partial charge >= 0.3 is 0 Å². The first-order valence-corrected chi connectivity index (χ1v) is 8.56. The quantitative estimate of drug-likeness (QED) is 0.900. The normalized spacial score (nSPS) is 17.0. The summed E-state index contributed by atoms with van der Waals surface area (Å²) in [6.45, 7) is 5.09. The van der Waals surface area contributed by atoms with Crippen LogP contribution in [-0.4, -0.2) is 44.0 Å². The van der Waals surface area contributed by atoms with Crippen molar-refractivity contribution < 1.29 is 13.2 Å². The van der Waals surface area contributed by atoms with Crippen LogP contribution in [0.2, 0.25) is 0 Å². The SMILES string of the molecule is Cc1cc(S(=O)(=O)N2CCOCC2)c2[nH]c(=O)cc(C)c2c1. The van der Waals surface area contributed by atoms with Crippen molar-refractivity contribution in [3.8, 4) is 0 Å². The minimum Gasteiger partial charge on any atom is -0.379 e. The van der Waals surface area contributed by atoms with E-state index < -0.39 is 10.0 Å². The summed E-state index contributed by atoms with van der Waals surface area (Å²) in [6.07, 6.45) is 0. The lowest BCUT2D eigenvalue weighted by Gasteiger charge is -2.26. The highest BCUT2D eigenvalue weighted by Crippen LogP contribution is 2.27. The van der Waals surface area contributed by atoms with Crippen LogP contribution < -0.4 is 5.56 Å². The van der Waals surface area contributed by atoms with Gasteiger partial charge in [0.15, 0.2) is 0 Å². The molecule has 6 nitrogen and oxygen atoms in total. The van der Waals surface area contributed by atoms with Crippen LogP contribution in [0.3, 0.4) is 0 Å². The minimum atomic E-state index is -3.66. The number of benzene rings is 1. The van der Waals surface area contributed by atoms with E-state index in [0.29, 0.717) is 31.8 Å². The van der Waals surface area contributed by atoms with E-state index in [1.807, 2.05) is 19.9 Å². The number of ether oxygens (including phenoxy) is 1. The predicted octanol–water partition coefficient (Wildman–Crippen LogP) is 1.17. The van der Waals surface area contributed by atoms with Crippen molar-refractivity contribution in [3.63, 3.8) is 0 Å². The molecule has 1 saturated heterocycles. The molecular formula is C15H18N2O4S. The van der Waals surface area contributed by atoms with Crippen LogP contribution in [0.15, 0.2) is 27.9 Å². The number of hydrogen-bond donors (Lipinski definition) is 1. The highest BCUT2D eigenvalue weighted by atomic mass is 32.2. The number of morpholine rings is 1. The molecule has 1 aromatic carbocycles. The maximum Gasteiger partial charge on any atom is 0.248 e. The number of H-pyrrole nitrogens is 1. The Morgan fingerprint density at radius 3 is 2.50 bits per heavy atom. The number of sulfonamides is 1. The van der Waals surface area contributed by atoms with E-state index in [1.165, 1.54) is 10.4 Å². The first-order valence-electron chi connectivity index (χ1n) is 7.12. The molecular weight excluding hydrogens is 304 g/mol. The van der Waals surface area contributed by atoms with Crippen LogP contribution in [0.5, 0.6) is 0 Å². The Balaban J connectivity index is 2.28. The van der Waals surface area contributed by atoms with E-state index in [9.17, 15) is 13.2 Å². The number of fused-ring (bicyclic) bond motifs is 1. The van der Waals surface area contributed by atoms with Crippen LogP contribution in [0, 0.1) is 13.8 Å². The molecule has 1 aliphatic rings. The largest absolute Gasteiger partial charge is 0.379 e. The molecule has 0 aliphatic carbocycles. The van der Waals surface area contributed by atoms with Crippen LogP contribution in [0.25, 0.3) is 10.9 Å². The maximum atomic E-state index is 12.9. The standard InChI is InChI=1S/C15H18N2O4S/c1-10-7-12-11(2)9-14(18)16-15(12)13(8-10)22(19,20)17-3-5-21-6-4-17/h7-9H,3-6H2,1-2H3,(H,16,18). The number of hydrogen-bond acceptors (Lipinski definition) is 4. The zero-order valence-electron chi connectivity index (χ0n) is 12.5. The third-order valence-electron chi connectivity index (χ3n) is 3.86. The second-order valence-corrected chi connectivity index (χ2v) is 7.43. The van der Waals surface area contributed by atoms with E-state index in [4.69, 9.17) is 4.74 Å². The van der Waals surface area contributed by atoms with Crippen molar-refractivity contribution in [3.05, 3.63) is 39.7 Å². The van der Waals surface area contributed by atoms with Crippen molar-refractivity contribution in [1.29, 1.82) is 0 Å². The van der Waals surface area contributed by atoms with Crippen molar-refractivity contribution in [2.24, 2.45) is 0 Å². The summed E-state index contributed by atoms with van der Waals surface area (Å²) in [5.41, 5.74) is 1.68. The molecule has 7 heteroatoms. The molecule has 3 rings (SSSR count).